The Bertz CT molecular complexity index is 357. The Balaban J connectivity index is 3.36. The lowest BCUT2D eigenvalue weighted by Crippen LogP contribution is -1.94. The van der Waals surface area contributed by atoms with Crippen LogP contribution in [0.5, 0.6) is 11.5 Å². The minimum absolute atomic E-state index is 0.124. The molecule has 0 bridgehead atoms. The molecule has 0 unspecified atom stereocenters. The van der Waals surface area contributed by atoms with E-state index in [1.54, 1.807) is 0 Å². The van der Waals surface area contributed by atoms with Crippen LogP contribution in [0.2, 0.25) is 0 Å². The summed E-state index contributed by atoms with van der Waals surface area (Å²) in [6, 6.07) is 4.08. The lowest BCUT2D eigenvalue weighted by Gasteiger charge is -2.08. The van der Waals surface area contributed by atoms with Crippen LogP contribution in [0.15, 0.2) is 12.1 Å². The van der Waals surface area contributed by atoms with Crippen molar-refractivity contribution in [2.24, 2.45) is 0 Å². The molecule has 0 spiro atoms. The standard InChI is InChI=1S/C9H8FNO2/c1-12-8-4-7(10)3-6(5-11)9(8)13-2/h3-4H,1-2H3. The molecule has 0 aromatic heterocycles. The van der Waals surface area contributed by atoms with E-state index in [9.17, 15) is 4.39 Å². The van der Waals surface area contributed by atoms with Crippen LogP contribution in [-0.4, -0.2) is 14.2 Å². The largest absolute Gasteiger partial charge is 0.493 e. The fourth-order valence-corrected chi connectivity index (χ4v) is 1.01. The average molecular weight is 181 g/mol. The molecule has 0 heterocycles. The van der Waals surface area contributed by atoms with Crippen LogP contribution in [0.3, 0.4) is 0 Å². The molecule has 0 atom stereocenters. The molecule has 0 amide bonds. The Hall–Kier alpha value is -1.76. The van der Waals surface area contributed by atoms with Crippen molar-refractivity contribution >= 4 is 0 Å². The summed E-state index contributed by atoms with van der Waals surface area (Å²) in [6.07, 6.45) is 0. The predicted octanol–water partition coefficient (Wildman–Crippen LogP) is 1.71. The van der Waals surface area contributed by atoms with Crippen LogP contribution in [0.1, 0.15) is 5.56 Å². The Labute approximate surface area is 75.3 Å². The Morgan fingerprint density at radius 1 is 1.31 bits per heavy atom. The van der Waals surface area contributed by atoms with Crippen LogP contribution < -0.4 is 9.47 Å². The lowest BCUT2D eigenvalue weighted by molar-refractivity contribution is 0.351. The summed E-state index contributed by atoms with van der Waals surface area (Å²) in [4.78, 5) is 0. The van der Waals surface area contributed by atoms with Crippen molar-refractivity contribution in [1.82, 2.24) is 0 Å². The third-order valence-electron chi connectivity index (χ3n) is 1.56. The van der Waals surface area contributed by atoms with Crippen molar-refractivity contribution < 1.29 is 13.9 Å². The fourth-order valence-electron chi connectivity index (χ4n) is 1.01. The highest BCUT2D eigenvalue weighted by molar-refractivity contribution is 5.52. The molecule has 4 heteroatoms. The van der Waals surface area contributed by atoms with E-state index >= 15 is 0 Å². The van der Waals surface area contributed by atoms with E-state index in [0.29, 0.717) is 0 Å². The van der Waals surface area contributed by atoms with Crippen molar-refractivity contribution in [2.45, 2.75) is 0 Å². The molecule has 13 heavy (non-hydrogen) atoms. The number of methoxy groups -OCH3 is 2. The number of halogens is 1. The molecule has 0 saturated carbocycles. The maximum absolute atomic E-state index is 12.8. The molecule has 1 aromatic rings. The van der Waals surface area contributed by atoms with Gasteiger partial charge in [-0.25, -0.2) is 4.39 Å². The van der Waals surface area contributed by atoms with Gasteiger partial charge >= 0.3 is 0 Å². The third-order valence-corrected chi connectivity index (χ3v) is 1.56. The minimum atomic E-state index is -0.519. The maximum atomic E-state index is 12.8. The maximum Gasteiger partial charge on any atom is 0.178 e. The molecule has 68 valence electrons. The van der Waals surface area contributed by atoms with Crippen molar-refractivity contribution in [2.75, 3.05) is 14.2 Å². The Kier molecular flexibility index (Phi) is 2.70. The topological polar surface area (TPSA) is 42.2 Å². The second-order valence-electron chi connectivity index (χ2n) is 2.30. The number of ether oxygens (including phenoxy) is 2. The van der Waals surface area contributed by atoms with Crippen molar-refractivity contribution in [3.05, 3.63) is 23.5 Å². The third kappa shape index (κ3) is 1.70. The van der Waals surface area contributed by atoms with E-state index in [0.717, 1.165) is 6.07 Å². The molecule has 0 aliphatic rings. The molecule has 0 aliphatic carbocycles. The molecular formula is C9H8FNO2. The number of benzene rings is 1. The number of rotatable bonds is 2. The van der Waals surface area contributed by atoms with Crippen molar-refractivity contribution in [3.63, 3.8) is 0 Å². The Morgan fingerprint density at radius 2 is 2.00 bits per heavy atom. The monoisotopic (exact) mass is 181 g/mol. The number of hydrogen-bond donors (Lipinski definition) is 0. The van der Waals surface area contributed by atoms with Gasteiger partial charge < -0.3 is 9.47 Å². The molecule has 1 rings (SSSR count). The van der Waals surface area contributed by atoms with Crippen LogP contribution in [0.25, 0.3) is 0 Å². The van der Waals surface area contributed by atoms with Gasteiger partial charge in [0.25, 0.3) is 0 Å². The van der Waals surface area contributed by atoms with Crippen LogP contribution in [0.4, 0.5) is 4.39 Å². The lowest BCUT2D eigenvalue weighted by atomic mass is 10.2. The average Bonchev–Trinajstić information content (AvgIpc) is 2.16. The van der Waals surface area contributed by atoms with Crippen LogP contribution >= 0.6 is 0 Å². The quantitative estimate of drug-likeness (QED) is 0.697. The van der Waals surface area contributed by atoms with Gasteiger partial charge in [0.2, 0.25) is 0 Å². The molecule has 1 aromatic carbocycles. The molecule has 3 nitrogen and oxygen atoms in total. The smallest absolute Gasteiger partial charge is 0.178 e. The van der Waals surface area contributed by atoms with E-state index in [2.05, 4.69) is 0 Å². The summed E-state index contributed by atoms with van der Waals surface area (Å²) in [6.45, 7) is 0. The zero-order chi connectivity index (χ0) is 9.84. The molecule has 0 saturated heterocycles. The summed E-state index contributed by atoms with van der Waals surface area (Å²) < 4.78 is 22.6. The Morgan fingerprint density at radius 3 is 2.46 bits per heavy atom. The van der Waals surface area contributed by atoms with E-state index < -0.39 is 5.82 Å². The summed E-state index contributed by atoms with van der Waals surface area (Å²) in [5.74, 6) is -0.0420. The van der Waals surface area contributed by atoms with E-state index in [-0.39, 0.29) is 17.1 Å². The second kappa shape index (κ2) is 3.76. The van der Waals surface area contributed by atoms with E-state index in [4.69, 9.17) is 14.7 Å². The number of nitriles is 1. The van der Waals surface area contributed by atoms with Gasteiger partial charge in [-0.2, -0.15) is 5.26 Å². The van der Waals surface area contributed by atoms with Gasteiger partial charge in [0.15, 0.2) is 11.5 Å². The van der Waals surface area contributed by atoms with Gasteiger partial charge in [-0.3, -0.25) is 0 Å². The van der Waals surface area contributed by atoms with Crippen molar-refractivity contribution in [3.8, 4) is 17.6 Å². The number of nitrogens with zero attached hydrogens (tertiary/aromatic N) is 1. The zero-order valence-corrected chi connectivity index (χ0v) is 7.30. The van der Waals surface area contributed by atoms with Gasteiger partial charge in [-0.05, 0) is 6.07 Å². The van der Waals surface area contributed by atoms with Gasteiger partial charge in [0.1, 0.15) is 17.4 Å². The summed E-state index contributed by atoms with van der Waals surface area (Å²) in [5.41, 5.74) is 0.124. The van der Waals surface area contributed by atoms with E-state index in [1.165, 1.54) is 20.3 Å². The highest BCUT2D eigenvalue weighted by Crippen LogP contribution is 2.31. The molecular weight excluding hydrogens is 173 g/mol. The fraction of sp³-hybridized carbons (Fsp3) is 0.222. The first-order valence-corrected chi connectivity index (χ1v) is 3.54. The van der Waals surface area contributed by atoms with Crippen LogP contribution in [-0.2, 0) is 0 Å². The predicted molar refractivity (Wildman–Crippen MR) is 44.2 cm³/mol. The summed E-state index contributed by atoms with van der Waals surface area (Å²) in [7, 11) is 2.79. The first-order chi connectivity index (χ1) is 6.22. The SMILES string of the molecule is COc1cc(F)cc(C#N)c1OC. The van der Waals surface area contributed by atoms with Gasteiger partial charge in [0, 0.05) is 6.07 Å². The highest BCUT2D eigenvalue weighted by atomic mass is 19.1. The molecule has 0 N–H and O–H groups in total. The normalized spacial score (nSPS) is 9.08. The summed E-state index contributed by atoms with van der Waals surface area (Å²) >= 11 is 0. The van der Waals surface area contributed by atoms with Crippen molar-refractivity contribution in [1.29, 1.82) is 5.26 Å². The highest BCUT2D eigenvalue weighted by Gasteiger charge is 2.11. The van der Waals surface area contributed by atoms with Gasteiger partial charge in [-0.1, -0.05) is 0 Å². The van der Waals surface area contributed by atoms with Gasteiger partial charge in [0.05, 0.1) is 14.2 Å². The molecule has 0 aliphatic heterocycles. The molecule has 0 radical (unpaired) electrons. The minimum Gasteiger partial charge on any atom is -0.493 e. The van der Waals surface area contributed by atoms with E-state index in [1.807, 2.05) is 6.07 Å². The first-order valence-electron chi connectivity index (χ1n) is 3.54. The summed E-state index contributed by atoms with van der Waals surface area (Å²) in [5, 5.41) is 8.64. The molecule has 0 fully saturated rings. The second-order valence-corrected chi connectivity index (χ2v) is 2.30. The first kappa shape index (κ1) is 9.33. The number of hydrogen-bond acceptors (Lipinski definition) is 3. The zero-order valence-electron chi connectivity index (χ0n) is 7.30. The van der Waals surface area contributed by atoms with Crippen LogP contribution in [0, 0.1) is 17.1 Å². The van der Waals surface area contributed by atoms with Gasteiger partial charge in [-0.15, -0.1) is 0 Å².